The summed E-state index contributed by atoms with van der Waals surface area (Å²) in [7, 11) is 0. The molecule has 170 valence electrons. The maximum atomic E-state index is 12.6. The van der Waals surface area contributed by atoms with Gasteiger partial charge in [-0.2, -0.15) is 13.2 Å². The number of likely N-dealkylation sites (tertiary alicyclic amines) is 1. The third kappa shape index (κ3) is 6.19. The standard InChI is InChI=1S/C21H28F3N5O2/c1-2-25-20(27-15-9-12-28(13-15)14-21(22,23)24)26-10-5-6-11-29-18(30)16-7-3-4-8-17(16)19(29)31/h3-4,7-8,15H,2,5-6,9-14H2,1H3,(H2,25,26,27). The minimum absolute atomic E-state index is 0.0847. The van der Waals surface area contributed by atoms with Gasteiger partial charge in [0.1, 0.15) is 0 Å². The van der Waals surface area contributed by atoms with Gasteiger partial charge in [0.2, 0.25) is 0 Å². The molecular formula is C21H28F3N5O2. The molecule has 1 saturated heterocycles. The molecule has 0 aliphatic carbocycles. The van der Waals surface area contributed by atoms with Gasteiger partial charge in [-0.1, -0.05) is 12.1 Å². The highest BCUT2D eigenvalue weighted by molar-refractivity contribution is 6.21. The molecule has 2 N–H and O–H groups in total. The number of rotatable bonds is 8. The van der Waals surface area contributed by atoms with Crippen molar-refractivity contribution in [2.45, 2.75) is 38.4 Å². The minimum Gasteiger partial charge on any atom is -0.357 e. The van der Waals surface area contributed by atoms with Crippen molar-refractivity contribution >= 4 is 17.8 Å². The summed E-state index contributed by atoms with van der Waals surface area (Å²) in [6.45, 7) is 3.21. The lowest BCUT2D eigenvalue weighted by molar-refractivity contribution is -0.143. The molecule has 0 aromatic heterocycles. The molecule has 0 spiro atoms. The van der Waals surface area contributed by atoms with Crippen molar-refractivity contribution in [2.24, 2.45) is 4.99 Å². The number of carbonyl (C=O) groups excluding carboxylic acids is 2. The van der Waals surface area contributed by atoms with Crippen molar-refractivity contribution in [2.75, 3.05) is 39.3 Å². The van der Waals surface area contributed by atoms with Crippen LogP contribution in [0.15, 0.2) is 29.3 Å². The summed E-state index contributed by atoms with van der Waals surface area (Å²) in [6, 6.07) is 6.72. The van der Waals surface area contributed by atoms with E-state index in [2.05, 4.69) is 15.6 Å². The van der Waals surface area contributed by atoms with Crippen LogP contribution in [0.5, 0.6) is 0 Å². The first-order chi connectivity index (χ1) is 14.8. The Morgan fingerprint density at radius 1 is 1.16 bits per heavy atom. The quantitative estimate of drug-likeness (QED) is 0.281. The van der Waals surface area contributed by atoms with Gasteiger partial charge in [0.25, 0.3) is 11.8 Å². The maximum Gasteiger partial charge on any atom is 0.401 e. The van der Waals surface area contributed by atoms with Crippen LogP contribution in [0.3, 0.4) is 0 Å². The number of imide groups is 1. The predicted molar refractivity (Wildman–Crippen MR) is 111 cm³/mol. The molecule has 2 amide bonds. The summed E-state index contributed by atoms with van der Waals surface area (Å²) in [5.41, 5.74) is 0.889. The van der Waals surface area contributed by atoms with E-state index in [9.17, 15) is 22.8 Å². The monoisotopic (exact) mass is 439 g/mol. The first-order valence-corrected chi connectivity index (χ1v) is 10.6. The van der Waals surface area contributed by atoms with Crippen LogP contribution in [0, 0.1) is 0 Å². The Labute approximate surface area is 179 Å². The van der Waals surface area contributed by atoms with Crippen LogP contribution in [0.1, 0.15) is 46.9 Å². The molecule has 7 nitrogen and oxygen atoms in total. The first kappa shape index (κ1) is 23.1. The number of aliphatic imine (C=N–C) groups is 1. The molecule has 2 aliphatic heterocycles. The molecule has 31 heavy (non-hydrogen) atoms. The molecule has 1 atom stereocenters. The van der Waals surface area contributed by atoms with Crippen molar-refractivity contribution in [3.63, 3.8) is 0 Å². The van der Waals surface area contributed by atoms with Gasteiger partial charge in [-0.3, -0.25) is 24.4 Å². The van der Waals surface area contributed by atoms with Crippen LogP contribution in [-0.4, -0.2) is 79.1 Å². The Hall–Kier alpha value is -2.62. The van der Waals surface area contributed by atoms with Crippen LogP contribution in [0.25, 0.3) is 0 Å². The summed E-state index contributed by atoms with van der Waals surface area (Å²) >= 11 is 0. The number of unbranched alkanes of at least 4 members (excludes halogenated alkanes) is 1. The van der Waals surface area contributed by atoms with Gasteiger partial charge in [0.05, 0.1) is 17.7 Å². The lowest BCUT2D eigenvalue weighted by Crippen LogP contribution is -2.45. The van der Waals surface area contributed by atoms with Gasteiger partial charge < -0.3 is 10.6 Å². The SMILES string of the molecule is CCNC(=NCCCCN1C(=O)c2ccccc2C1=O)NC1CCN(CC(F)(F)F)C1. The molecule has 1 aromatic rings. The van der Waals surface area contributed by atoms with Crippen LogP contribution < -0.4 is 10.6 Å². The molecule has 3 rings (SSSR count). The van der Waals surface area contributed by atoms with Gasteiger partial charge in [-0.15, -0.1) is 0 Å². The Morgan fingerprint density at radius 2 is 1.84 bits per heavy atom. The van der Waals surface area contributed by atoms with Crippen molar-refractivity contribution in [3.8, 4) is 0 Å². The molecule has 1 unspecified atom stereocenters. The van der Waals surface area contributed by atoms with E-state index in [1.54, 1.807) is 24.3 Å². The van der Waals surface area contributed by atoms with Crippen molar-refractivity contribution in [3.05, 3.63) is 35.4 Å². The third-order valence-electron chi connectivity index (χ3n) is 5.30. The molecule has 2 heterocycles. The smallest absolute Gasteiger partial charge is 0.357 e. The van der Waals surface area contributed by atoms with E-state index in [1.807, 2.05) is 6.92 Å². The number of benzene rings is 1. The molecule has 0 radical (unpaired) electrons. The fraction of sp³-hybridized carbons (Fsp3) is 0.571. The van der Waals surface area contributed by atoms with Crippen molar-refractivity contribution < 1.29 is 22.8 Å². The molecule has 10 heteroatoms. The van der Waals surface area contributed by atoms with E-state index in [0.717, 1.165) is 0 Å². The van der Waals surface area contributed by atoms with E-state index in [1.165, 1.54) is 9.80 Å². The molecular weight excluding hydrogens is 411 g/mol. The number of guanidine groups is 1. The normalized spacial score (nSPS) is 19.8. The van der Waals surface area contributed by atoms with Crippen LogP contribution in [0.2, 0.25) is 0 Å². The summed E-state index contributed by atoms with van der Waals surface area (Å²) in [5.74, 6) is 0.0505. The molecule has 0 saturated carbocycles. The number of fused-ring (bicyclic) bond motifs is 1. The third-order valence-corrected chi connectivity index (χ3v) is 5.30. The number of nitrogens with zero attached hydrogens (tertiary/aromatic N) is 3. The number of hydrogen-bond donors (Lipinski definition) is 2. The zero-order valence-electron chi connectivity index (χ0n) is 17.5. The van der Waals surface area contributed by atoms with Gasteiger partial charge >= 0.3 is 6.18 Å². The fourth-order valence-electron chi connectivity index (χ4n) is 3.88. The summed E-state index contributed by atoms with van der Waals surface area (Å²) in [6.07, 6.45) is -2.26. The number of carbonyl (C=O) groups is 2. The number of halogens is 3. The number of hydrogen-bond acceptors (Lipinski definition) is 4. The molecule has 1 aromatic carbocycles. The summed E-state index contributed by atoms with van der Waals surface area (Å²) < 4.78 is 37.7. The number of amides is 2. The van der Waals surface area contributed by atoms with Gasteiger partial charge in [0, 0.05) is 38.8 Å². The topological polar surface area (TPSA) is 77.0 Å². The van der Waals surface area contributed by atoms with E-state index in [0.29, 0.717) is 69.1 Å². The largest absolute Gasteiger partial charge is 0.401 e. The average Bonchev–Trinajstić information content (AvgIpc) is 3.23. The van der Waals surface area contributed by atoms with Gasteiger partial charge in [0.15, 0.2) is 5.96 Å². The Balaban J connectivity index is 1.42. The Bertz CT molecular complexity index is 792. The summed E-state index contributed by atoms with van der Waals surface area (Å²) in [4.78, 5) is 31.9. The Kier molecular flexibility index (Phi) is 7.53. The Morgan fingerprint density at radius 3 is 2.45 bits per heavy atom. The first-order valence-electron chi connectivity index (χ1n) is 10.6. The second-order valence-corrected chi connectivity index (χ2v) is 7.76. The lowest BCUT2D eigenvalue weighted by Gasteiger charge is -2.19. The lowest BCUT2D eigenvalue weighted by atomic mass is 10.1. The average molecular weight is 439 g/mol. The minimum atomic E-state index is -4.19. The van der Waals surface area contributed by atoms with Crippen molar-refractivity contribution in [1.82, 2.24) is 20.4 Å². The number of nitrogens with one attached hydrogen (secondary N) is 2. The number of alkyl halides is 3. The highest BCUT2D eigenvalue weighted by Crippen LogP contribution is 2.23. The maximum absolute atomic E-state index is 12.6. The highest BCUT2D eigenvalue weighted by Gasteiger charge is 2.35. The molecule has 0 bridgehead atoms. The summed E-state index contributed by atoms with van der Waals surface area (Å²) in [5, 5.41) is 6.31. The second kappa shape index (κ2) is 10.1. The van der Waals surface area contributed by atoms with E-state index in [-0.39, 0.29) is 17.9 Å². The van der Waals surface area contributed by atoms with E-state index in [4.69, 9.17) is 0 Å². The van der Waals surface area contributed by atoms with Crippen molar-refractivity contribution in [1.29, 1.82) is 0 Å². The zero-order chi connectivity index (χ0) is 22.4. The zero-order valence-corrected chi connectivity index (χ0v) is 17.5. The van der Waals surface area contributed by atoms with E-state index >= 15 is 0 Å². The van der Waals surface area contributed by atoms with Crippen LogP contribution in [0.4, 0.5) is 13.2 Å². The van der Waals surface area contributed by atoms with Crippen LogP contribution >= 0.6 is 0 Å². The highest BCUT2D eigenvalue weighted by atomic mass is 19.4. The predicted octanol–water partition coefficient (Wildman–Crippen LogP) is 2.25. The second-order valence-electron chi connectivity index (χ2n) is 7.76. The van der Waals surface area contributed by atoms with Crippen LogP contribution in [-0.2, 0) is 0 Å². The van der Waals surface area contributed by atoms with E-state index < -0.39 is 12.7 Å². The molecule has 2 aliphatic rings. The van der Waals surface area contributed by atoms with Gasteiger partial charge in [-0.05, 0) is 38.3 Å². The fourth-order valence-corrected chi connectivity index (χ4v) is 3.88. The molecule has 1 fully saturated rings. The van der Waals surface area contributed by atoms with Gasteiger partial charge in [-0.25, -0.2) is 0 Å².